The highest BCUT2D eigenvalue weighted by atomic mass is 16.3. The van der Waals surface area contributed by atoms with Crippen LogP contribution >= 0.6 is 0 Å². The molecule has 0 fully saturated rings. The number of hydrogen-bond acceptors (Lipinski definition) is 6. The first kappa shape index (κ1) is 84.2. The Kier molecular flexibility index (Phi) is 20.9. The minimum absolute atomic E-state index is 0.819. The van der Waals surface area contributed by atoms with Crippen LogP contribution < -0.4 is 14.7 Å². The summed E-state index contributed by atoms with van der Waals surface area (Å²) in [5.41, 5.74) is 38.9. The molecule has 0 saturated heterocycles. The summed E-state index contributed by atoms with van der Waals surface area (Å²) in [4.78, 5) is 7.12. The van der Waals surface area contributed by atoms with Crippen molar-refractivity contribution in [3.63, 3.8) is 0 Å². The van der Waals surface area contributed by atoms with Crippen molar-refractivity contribution in [1.82, 2.24) is 0 Å². The lowest BCUT2D eigenvalue weighted by molar-refractivity contribution is 0.668. The highest BCUT2D eigenvalue weighted by molar-refractivity contribution is 6.17. The lowest BCUT2D eigenvalue weighted by Crippen LogP contribution is -2.10. The molecule has 6 heteroatoms. The van der Waals surface area contributed by atoms with Crippen LogP contribution in [-0.4, -0.2) is 0 Å². The lowest BCUT2D eigenvalue weighted by Gasteiger charge is -2.27. The zero-order valence-electron chi connectivity index (χ0n) is 78.5. The smallest absolute Gasteiger partial charge is 0.143 e. The van der Waals surface area contributed by atoms with Crippen molar-refractivity contribution in [1.29, 1.82) is 0 Å². The van der Waals surface area contributed by atoms with Crippen LogP contribution in [0.25, 0.3) is 221 Å². The predicted molar refractivity (Wildman–Crippen MR) is 605 cm³/mol. The predicted octanol–water partition coefficient (Wildman–Crippen LogP) is 39.6. The van der Waals surface area contributed by atoms with Gasteiger partial charge in [0, 0.05) is 89.1 Å². The third-order valence-corrected chi connectivity index (χ3v) is 28.8. The van der Waals surface area contributed by atoms with Gasteiger partial charge >= 0.3 is 0 Å². The minimum atomic E-state index is 0.819. The van der Waals surface area contributed by atoms with Gasteiger partial charge in [-0.3, -0.25) is 0 Å². The number of anilines is 9. The largest absolute Gasteiger partial charge is 0.456 e. The van der Waals surface area contributed by atoms with Crippen molar-refractivity contribution in [3.05, 3.63) is 540 Å². The van der Waals surface area contributed by atoms with Crippen molar-refractivity contribution < 1.29 is 13.3 Å². The van der Waals surface area contributed by atoms with E-state index in [0.717, 1.165) is 228 Å². The molecular weight excluding hydrogens is 1750 g/mol. The number of fused-ring (bicyclic) bond motifs is 12. The minimum Gasteiger partial charge on any atom is -0.456 e. The van der Waals surface area contributed by atoms with Gasteiger partial charge in [-0.2, -0.15) is 0 Å². The average Bonchev–Trinajstić information content (AvgIpc) is 1.56. The zero-order valence-corrected chi connectivity index (χ0v) is 78.5. The number of para-hydroxylation sites is 3. The van der Waals surface area contributed by atoms with Crippen molar-refractivity contribution in [2.24, 2.45) is 0 Å². The Hall–Kier alpha value is -19.1. The molecule has 0 unspecified atom stereocenters. The molecule has 6 nitrogen and oxygen atoms in total. The fourth-order valence-corrected chi connectivity index (χ4v) is 21.8. The Morgan fingerprint density at radius 2 is 0.424 bits per heavy atom. The SMILES string of the molecule is c1ccc(-c2ccc3oc4cc(-c5cccc(-c6cccc(N(c7ccc(-c8cccc9ccccc89)cc7)c7ccc(-c8cccc9oc%10c(-c%11cccc(-c%12ccc(N(c%13ccc(-c%14cccc(-c%15cccc%16oc%17ccccc%17c%15%16)c%14)cc%13)c%13ccc%14ccccc%14c%13)cc%12)c%11)cccc%10c89)cc7)c6)c5)c(-c5cccc(N(c6ccccc6)c6ccc(-c7cccc8ccccc78)cc6)c5)cc4c3c2)cc1. The topological polar surface area (TPSA) is 49.1 Å². The van der Waals surface area contributed by atoms with Crippen molar-refractivity contribution in [2.45, 2.75) is 0 Å². The summed E-state index contributed by atoms with van der Waals surface area (Å²) in [5.74, 6) is 0. The molecule has 0 bridgehead atoms. The van der Waals surface area contributed by atoms with E-state index in [1.165, 1.54) is 43.4 Å². The summed E-state index contributed by atoms with van der Waals surface area (Å²) in [5, 5.41) is 13.7. The highest BCUT2D eigenvalue weighted by Gasteiger charge is 2.26. The molecule has 0 aliphatic rings. The number of furan rings is 3. The van der Waals surface area contributed by atoms with Gasteiger partial charge in [0.15, 0.2) is 0 Å². The molecule has 27 aromatic rings. The van der Waals surface area contributed by atoms with Crippen LogP contribution in [0.4, 0.5) is 51.2 Å². The lowest BCUT2D eigenvalue weighted by atomic mass is 9.90. The van der Waals surface area contributed by atoms with Crippen LogP contribution in [0, 0.1) is 0 Å². The molecule has 3 aromatic heterocycles. The number of hydrogen-bond donors (Lipinski definition) is 0. The van der Waals surface area contributed by atoms with Gasteiger partial charge in [-0.25, -0.2) is 0 Å². The average molecular weight is 1840 g/mol. The molecule has 27 rings (SSSR count). The van der Waals surface area contributed by atoms with Crippen molar-refractivity contribution in [3.8, 4) is 122 Å². The molecule has 0 spiro atoms. The van der Waals surface area contributed by atoms with E-state index >= 15 is 0 Å². The fraction of sp³-hybridized carbons (Fsp3) is 0. The normalized spacial score (nSPS) is 11.6. The Balaban J connectivity index is 0.515. The van der Waals surface area contributed by atoms with Crippen LogP contribution in [0.1, 0.15) is 0 Å². The molecule has 0 amide bonds. The van der Waals surface area contributed by atoms with Crippen molar-refractivity contribution >= 4 is 149 Å². The van der Waals surface area contributed by atoms with E-state index in [-0.39, 0.29) is 0 Å². The molecular formula is C138H89N3O3. The van der Waals surface area contributed by atoms with Gasteiger partial charge in [0.1, 0.15) is 33.5 Å². The maximum Gasteiger partial charge on any atom is 0.143 e. The second-order valence-corrected chi connectivity index (χ2v) is 37.3. The molecule has 0 atom stereocenters. The second kappa shape index (κ2) is 35.7. The summed E-state index contributed by atoms with van der Waals surface area (Å²) < 4.78 is 20.4. The first-order valence-corrected chi connectivity index (χ1v) is 49.2. The van der Waals surface area contributed by atoms with E-state index in [1.807, 2.05) is 12.1 Å². The standard InChI is InChI=1S/C138H89N3O3/c1-3-25-90(26-4-1)104-68-80-132-129(87-104)130-88-127(108-40-19-44-116(86-108)139(109-41-5-2-6-42-109)112-73-62-96(63-74-112)120-48-20-31-94-28-9-11-45-118(94)120)128(89-135(130)143-132)107-39-17-35-101(83-107)103-36-18-43-115(85-103)140(113-75-64-97(65-76-113)121-49-21-32-95-29-10-12-46-119(95)121)114-77-66-98(67-78-114)122-50-23-56-134-137(122)126-53-22-52-124(138(126)144-134)106-38-16-34-100(82-106)93-59-71-111(72-60-93)141(117-79-61-91-27-7-8-30-102(91)84-117)110-69-57-92(58-70-110)99-33-15-37-105(81-99)123-51-24-55-133-136(123)125-47-13-14-54-131(125)142-133/h1-89H. The molecule has 0 N–H and O–H groups in total. The van der Waals surface area contributed by atoms with Gasteiger partial charge in [0.05, 0.1) is 0 Å². The zero-order chi connectivity index (χ0) is 95.1. The third kappa shape index (κ3) is 15.3. The first-order chi connectivity index (χ1) is 71.3. The molecule has 674 valence electrons. The van der Waals surface area contributed by atoms with Crippen LogP contribution in [-0.2, 0) is 0 Å². The molecule has 0 aliphatic heterocycles. The first-order valence-electron chi connectivity index (χ1n) is 49.2. The van der Waals surface area contributed by atoms with Gasteiger partial charge < -0.3 is 28.0 Å². The Morgan fingerprint density at radius 3 is 1.01 bits per heavy atom. The summed E-state index contributed by atoms with van der Waals surface area (Å²) in [6.07, 6.45) is 0. The molecule has 0 saturated carbocycles. The van der Waals surface area contributed by atoms with E-state index in [1.54, 1.807) is 0 Å². The second-order valence-electron chi connectivity index (χ2n) is 37.3. The highest BCUT2D eigenvalue weighted by Crippen LogP contribution is 2.50. The van der Waals surface area contributed by atoms with Crippen molar-refractivity contribution in [2.75, 3.05) is 14.7 Å². The van der Waals surface area contributed by atoms with Crippen LogP contribution in [0.5, 0.6) is 0 Å². The molecule has 0 radical (unpaired) electrons. The van der Waals surface area contributed by atoms with Gasteiger partial charge in [-0.15, -0.1) is 0 Å². The van der Waals surface area contributed by atoms with E-state index < -0.39 is 0 Å². The Morgan fingerprint density at radius 1 is 0.118 bits per heavy atom. The molecule has 0 aliphatic carbocycles. The van der Waals surface area contributed by atoms with Crippen LogP contribution in [0.2, 0.25) is 0 Å². The number of benzene rings is 24. The van der Waals surface area contributed by atoms with Gasteiger partial charge in [0.2, 0.25) is 0 Å². The number of nitrogens with zero attached hydrogens (tertiary/aromatic N) is 3. The summed E-state index contributed by atoms with van der Waals surface area (Å²) >= 11 is 0. The molecule has 3 heterocycles. The molecule has 144 heavy (non-hydrogen) atoms. The van der Waals surface area contributed by atoms with Gasteiger partial charge in [-0.1, -0.05) is 370 Å². The van der Waals surface area contributed by atoms with Crippen LogP contribution in [0.3, 0.4) is 0 Å². The summed E-state index contributed by atoms with van der Waals surface area (Å²) in [6, 6.07) is 196. The summed E-state index contributed by atoms with van der Waals surface area (Å²) in [7, 11) is 0. The number of rotatable bonds is 20. The van der Waals surface area contributed by atoms with E-state index in [0.29, 0.717) is 0 Å². The maximum absolute atomic E-state index is 7.11. The molecule has 24 aromatic carbocycles. The van der Waals surface area contributed by atoms with E-state index in [4.69, 9.17) is 13.3 Å². The van der Waals surface area contributed by atoms with Gasteiger partial charge in [-0.05, 0) is 319 Å². The van der Waals surface area contributed by atoms with E-state index in [2.05, 4.69) is 542 Å². The quantitative estimate of drug-likeness (QED) is 0.0758. The van der Waals surface area contributed by atoms with Crippen LogP contribution in [0.15, 0.2) is 553 Å². The maximum atomic E-state index is 7.11. The van der Waals surface area contributed by atoms with E-state index in [9.17, 15) is 0 Å². The van der Waals surface area contributed by atoms with Gasteiger partial charge in [0.25, 0.3) is 0 Å². The Bertz CT molecular complexity index is 9630. The monoisotopic (exact) mass is 1840 g/mol. The Labute approximate surface area is 833 Å². The third-order valence-electron chi connectivity index (χ3n) is 28.8. The summed E-state index contributed by atoms with van der Waals surface area (Å²) in [6.45, 7) is 0. The fourth-order valence-electron chi connectivity index (χ4n) is 21.8.